The van der Waals surface area contributed by atoms with Crippen LogP contribution in [0.4, 0.5) is 0 Å². The number of morpholine rings is 1. The second-order valence-electron chi connectivity index (χ2n) is 8.41. The summed E-state index contributed by atoms with van der Waals surface area (Å²) in [6.07, 6.45) is 8.15. The smallest absolute Gasteiger partial charge is 0.158 e. The summed E-state index contributed by atoms with van der Waals surface area (Å²) < 4.78 is 19.6. The van der Waals surface area contributed by atoms with E-state index in [1.807, 2.05) is 13.1 Å². The van der Waals surface area contributed by atoms with E-state index in [-0.39, 0.29) is 12.3 Å². The van der Waals surface area contributed by atoms with Crippen molar-refractivity contribution in [1.82, 2.24) is 24.8 Å². The number of hydrogen-bond acceptors (Lipinski definition) is 7. The summed E-state index contributed by atoms with van der Waals surface area (Å²) in [7, 11) is 3.51. The quantitative estimate of drug-likeness (QED) is 0.435. The van der Waals surface area contributed by atoms with Crippen molar-refractivity contribution in [3.05, 3.63) is 36.1 Å². The van der Waals surface area contributed by atoms with Gasteiger partial charge in [-0.1, -0.05) is 6.58 Å². The molecule has 0 bridgehead atoms. The topological polar surface area (TPSA) is 73.7 Å². The highest BCUT2D eigenvalue weighted by atomic mass is 16.5. The molecule has 8 nitrogen and oxygen atoms in total. The minimum atomic E-state index is -0.250. The highest BCUT2D eigenvalue weighted by Crippen LogP contribution is 2.41. The van der Waals surface area contributed by atoms with Gasteiger partial charge >= 0.3 is 0 Å². The zero-order valence-electron chi connectivity index (χ0n) is 19.0. The summed E-state index contributed by atoms with van der Waals surface area (Å²) in [5.74, 6) is 0.773. The molecule has 2 aromatic heterocycles. The second kappa shape index (κ2) is 10.1. The summed E-state index contributed by atoms with van der Waals surface area (Å²) in [5, 5.41) is 4.45. The van der Waals surface area contributed by atoms with Gasteiger partial charge in [-0.2, -0.15) is 0 Å². The molecule has 0 amide bonds. The molecule has 1 saturated carbocycles. The zero-order valence-corrected chi connectivity index (χ0v) is 19.0. The van der Waals surface area contributed by atoms with Crippen LogP contribution in [0.15, 0.2) is 24.7 Å². The lowest BCUT2D eigenvalue weighted by molar-refractivity contribution is -0.0457. The minimum Gasteiger partial charge on any atom is -0.385 e. The molecule has 0 aromatic carbocycles. The normalized spacial score (nSPS) is 20.2. The predicted octanol–water partition coefficient (Wildman–Crippen LogP) is 2.78. The Bertz CT molecular complexity index is 889. The SMILES string of the molecule is C=C([C@H]1CNCCO1)N(C1CC1)[C@@H](OC)c1cn(CCCCOC)c2nc(C)ncc12. The minimum absolute atomic E-state index is 0.0344. The molecule has 4 rings (SSSR count). The Morgan fingerprint density at radius 1 is 1.39 bits per heavy atom. The molecule has 1 saturated heterocycles. The fraction of sp³-hybridized carbons (Fsp3) is 0.652. The van der Waals surface area contributed by atoms with Gasteiger partial charge in [0.25, 0.3) is 0 Å². The van der Waals surface area contributed by atoms with Crippen LogP contribution in [-0.4, -0.2) is 72.1 Å². The van der Waals surface area contributed by atoms with E-state index >= 15 is 0 Å². The molecule has 2 fully saturated rings. The first-order valence-corrected chi connectivity index (χ1v) is 11.3. The Hall–Kier alpha value is -2.00. The van der Waals surface area contributed by atoms with Crippen molar-refractivity contribution in [2.45, 2.75) is 57.5 Å². The van der Waals surface area contributed by atoms with E-state index in [9.17, 15) is 0 Å². The third kappa shape index (κ3) is 4.92. The molecule has 0 unspecified atom stereocenters. The maximum atomic E-state index is 6.11. The van der Waals surface area contributed by atoms with Crippen molar-refractivity contribution in [2.24, 2.45) is 0 Å². The fourth-order valence-corrected chi connectivity index (χ4v) is 4.34. The number of nitrogens with one attached hydrogen (secondary N) is 1. The van der Waals surface area contributed by atoms with Crippen LogP contribution in [0.3, 0.4) is 0 Å². The molecule has 8 heteroatoms. The molecule has 1 aliphatic heterocycles. The van der Waals surface area contributed by atoms with Gasteiger partial charge in [-0.05, 0) is 32.6 Å². The summed E-state index contributed by atoms with van der Waals surface area (Å²) in [6, 6.07) is 0.425. The largest absolute Gasteiger partial charge is 0.385 e. The third-order valence-corrected chi connectivity index (χ3v) is 6.08. The lowest BCUT2D eigenvalue weighted by Gasteiger charge is -2.38. The first-order valence-electron chi connectivity index (χ1n) is 11.3. The van der Waals surface area contributed by atoms with Crippen LogP contribution in [0, 0.1) is 6.92 Å². The summed E-state index contributed by atoms with van der Waals surface area (Å²) in [4.78, 5) is 11.6. The molecule has 2 atom stereocenters. The van der Waals surface area contributed by atoms with Gasteiger partial charge < -0.3 is 29.0 Å². The fourth-order valence-electron chi connectivity index (χ4n) is 4.34. The first kappa shape index (κ1) is 22.2. The average molecular weight is 430 g/mol. The van der Waals surface area contributed by atoms with E-state index in [4.69, 9.17) is 19.2 Å². The number of aromatic nitrogens is 3. The van der Waals surface area contributed by atoms with Crippen LogP contribution in [0.1, 0.15) is 43.3 Å². The van der Waals surface area contributed by atoms with Gasteiger partial charge in [0.15, 0.2) is 6.23 Å². The van der Waals surface area contributed by atoms with Crippen LogP contribution in [0.5, 0.6) is 0 Å². The Morgan fingerprint density at radius 3 is 2.90 bits per heavy atom. The number of ether oxygens (including phenoxy) is 3. The molecule has 31 heavy (non-hydrogen) atoms. The van der Waals surface area contributed by atoms with Gasteiger partial charge in [0.05, 0.1) is 6.61 Å². The van der Waals surface area contributed by atoms with Crippen LogP contribution in [0.2, 0.25) is 0 Å². The van der Waals surface area contributed by atoms with Crippen LogP contribution < -0.4 is 5.32 Å². The molecule has 170 valence electrons. The van der Waals surface area contributed by atoms with E-state index < -0.39 is 0 Å². The van der Waals surface area contributed by atoms with Crippen LogP contribution in [0.25, 0.3) is 11.0 Å². The van der Waals surface area contributed by atoms with Crippen molar-refractivity contribution in [3.63, 3.8) is 0 Å². The summed E-state index contributed by atoms with van der Waals surface area (Å²) >= 11 is 0. The molecular formula is C23H35N5O3. The lowest BCUT2D eigenvalue weighted by atomic mass is 10.1. The van der Waals surface area contributed by atoms with Crippen molar-refractivity contribution >= 4 is 11.0 Å². The molecular weight excluding hydrogens is 394 g/mol. The maximum Gasteiger partial charge on any atom is 0.158 e. The average Bonchev–Trinajstić information content (AvgIpc) is 3.57. The maximum absolute atomic E-state index is 6.11. The molecule has 3 heterocycles. The van der Waals surface area contributed by atoms with Crippen molar-refractivity contribution in [2.75, 3.05) is 40.5 Å². The molecule has 1 aliphatic carbocycles. The van der Waals surface area contributed by atoms with E-state index in [0.717, 1.165) is 80.0 Å². The number of methoxy groups -OCH3 is 2. The van der Waals surface area contributed by atoms with Gasteiger partial charge in [0.2, 0.25) is 0 Å². The van der Waals surface area contributed by atoms with Crippen LogP contribution in [-0.2, 0) is 20.8 Å². The number of unbranched alkanes of at least 4 members (excludes halogenated alkanes) is 1. The molecule has 0 spiro atoms. The van der Waals surface area contributed by atoms with Crippen molar-refractivity contribution in [3.8, 4) is 0 Å². The monoisotopic (exact) mass is 429 g/mol. The Morgan fingerprint density at radius 2 is 2.23 bits per heavy atom. The highest BCUT2D eigenvalue weighted by Gasteiger charge is 2.39. The van der Waals surface area contributed by atoms with Gasteiger partial charge in [-0.15, -0.1) is 0 Å². The molecule has 0 radical (unpaired) electrons. The summed E-state index contributed by atoms with van der Waals surface area (Å²) in [6.45, 7) is 10.4. The zero-order chi connectivity index (χ0) is 21.8. The number of hydrogen-bond donors (Lipinski definition) is 1. The number of aryl methyl sites for hydroxylation is 2. The molecule has 2 aliphatic rings. The first-order chi connectivity index (χ1) is 15.1. The number of fused-ring (bicyclic) bond motifs is 1. The van der Waals surface area contributed by atoms with Gasteiger partial charge in [-0.3, -0.25) is 0 Å². The van der Waals surface area contributed by atoms with Crippen LogP contribution >= 0.6 is 0 Å². The third-order valence-electron chi connectivity index (χ3n) is 6.08. The second-order valence-corrected chi connectivity index (χ2v) is 8.41. The van der Waals surface area contributed by atoms with Gasteiger partial charge in [0.1, 0.15) is 17.6 Å². The van der Waals surface area contributed by atoms with Crippen molar-refractivity contribution in [1.29, 1.82) is 0 Å². The lowest BCUT2D eigenvalue weighted by Crippen LogP contribution is -2.45. The number of nitrogens with zero attached hydrogens (tertiary/aromatic N) is 4. The Balaban J connectivity index is 1.66. The van der Waals surface area contributed by atoms with Gasteiger partial charge in [0, 0.05) is 75.5 Å². The number of rotatable bonds is 11. The van der Waals surface area contributed by atoms with E-state index in [2.05, 4.69) is 32.5 Å². The Labute approximate surface area is 184 Å². The molecule has 2 aromatic rings. The molecule has 1 N–H and O–H groups in total. The standard InChI is InChI=1S/C23H35N5O3/c1-16(21-14-24-9-12-31-21)28(18-7-8-18)23(30-4)20-15-27(10-5-6-11-29-3)22-19(20)13-25-17(2)26-22/h13,15,18,21,23-24H,1,5-12,14H2,2-4H3/t21-,23+/m1/s1. The predicted molar refractivity (Wildman–Crippen MR) is 120 cm³/mol. The van der Waals surface area contributed by atoms with E-state index in [0.29, 0.717) is 12.6 Å². The Kier molecular flexibility index (Phi) is 7.22. The van der Waals surface area contributed by atoms with Crippen molar-refractivity contribution < 1.29 is 14.2 Å². The summed E-state index contributed by atoms with van der Waals surface area (Å²) in [5.41, 5.74) is 3.02. The van der Waals surface area contributed by atoms with E-state index in [1.165, 1.54) is 0 Å². The van der Waals surface area contributed by atoms with E-state index in [1.54, 1.807) is 14.2 Å². The highest BCUT2D eigenvalue weighted by molar-refractivity contribution is 5.80. The van der Waals surface area contributed by atoms with Gasteiger partial charge in [-0.25, -0.2) is 9.97 Å².